The Kier molecular flexibility index (Phi) is 4.34. The van der Waals surface area contributed by atoms with Crippen LogP contribution in [0, 0.1) is 5.92 Å². The molecule has 0 spiro atoms. The van der Waals surface area contributed by atoms with Crippen LogP contribution in [0.1, 0.15) is 31.4 Å². The highest BCUT2D eigenvalue weighted by Gasteiger charge is 2.41. The zero-order valence-electron chi connectivity index (χ0n) is 15.0. The van der Waals surface area contributed by atoms with E-state index >= 15 is 0 Å². The monoisotopic (exact) mass is 338 g/mol. The van der Waals surface area contributed by atoms with Gasteiger partial charge in [0.2, 0.25) is 5.91 Å². The lowest BCUT2D eigenvalue weighted by Gasteiger charge is -2.49. The van der Waals surface area contributed by atoms with Gasteiger partial charge in [0.05, 0.1) is 5.69 Å². The van der Waals surface area contributed by atoms with Crippen LogP contribution in [0.5, 0.6) is 0 Å². The highest BCUT2D eigenvalue weighted by atomic mass is 16.1. The maximum Gasteiger partial charge on any atom is 0.216 e. The summed E-state index contributed by atoms with van der Waals surface area (Å²) in [6.07, 6.45) is 2.41. The second kappa shape index (κ2) is 6.64. The summed E-state index contributed by atoms with van der Waals surface area (Å²) in [7, 11) is 2.06. The average molecular weight is 338 g/mol. The van der Waals surface area contributed by atoms with Crippen molar-refractivity contribution in [1.29, 1.82) is 0 Å². The third-order valence-corrected chi connectivity index (χ3v) is 5.83. The Bertz CT molecular complexity index is 754. The first-order chi connectivity index (χ1) is 12.1. The van der Waals surface area contributed by atoms with E-state index in [0.717, 1.165) is 31.7 Å². The number of aryl methyl sites for hydroxylation is 1. The van der Waals surface area contributed by atoms with E-state index < -0.39 is 0 Å². The minimum absolute atomic E-state index is 0.0679. The molecule has 0 aliphatic carbocycles. The van der Waals surface area contributed by atoms with Gasteiger partial charge in [-0.25, -0.2) is 0 Å². The third kappa shape index (κ3) is 3.21. The Labute approximate surface area is 149 Å². The van der Waals surface area contributed by atoms with Gasteiger partial charge in [-0.2, -0.15) is 5.10 Å². The minimum atomic E-state index is 0.0679. The lowest BCUT2D eigenvalue weighted by Crippen LogP contribution is -2.56. The number of carbonyl (C=O) groups is 1. The number of carbonyl (C=O) groups excluding carboxylic acids is 1. The van der Waals surface area contributed by atoms with Gasteiger partial charge in [0.1, 0.15) is 0 Å². The largest absolute Gasteiger partial charge is 0.355 e. The zero-order chi connectivity index (χ0) is 17.4. The van der Waals surface area contributed by atoms with Gasteiger partial charge in [-0.15, -0.1) is 0 Å². The van der Waals surface area contributed by atoms with Gasteiger partial charge in [-0.1, -0.05) is 30.3 Å². The van der Waals surface area contributed by atoms with E-state index in [2.05, 4.69) is 52.3 Å². The lowest BCUT2D eigenvalue weighted by atomic mass is 9.74. The zero-order valence-corrected chi connectivity index (χ0v) is 15.0. The van der Waals surface area contributed by atoms with Gasteiger partial charge in [0.25, 0.3) is 0 Å². The van der Waals surface area contributed by atoms with Gasteiger partial charge in [-0.3, -0.25) is 14.4 Å². The Morgan fingerprint density at radius 1 is 1.32 bits per heavy atom. The molecule has 1 N–H and O–H groups in total. The Balaban J connectivity index is 1.52. The summed E-state index contributed by atoms with van der Waals surface area (Å²) in [6.45, 7) is 4.59. The standard InChI is InChI=1S/C20H26N4O/c1-14(25)21-12-17-10-16-8-9-24(17)13-18(16)20-11-19(22-23(20)2)15-6-4-3-5-7-15/h3-7,11,16-18H,8-10,12-13H2,1-2H3,(H,21,25)/t16-,17+,18-/m0/s1. The summed E-state index contributed by atoms with van der Waals surface area (Å²) < 4.78 is 2.07. The summed E-state index contributed by atoms with van der Waals surface area (Å²) in [5.74, 6) is 1.29. The van der Waals surface area contributed by atoms with Gasteiger partial charge < -0.3 is 5.32 Å². The van der Waals surface area contributed by atoms with Crippen molar-refractivity contribution in [1.82, 2.24) is 20.0 Å². The Morgan fingerprint density at radius 2 is 2.12 bits per heavy atom. The second-order valence-electron chi connectivity index (χ2n) is 7.42. The average Bonchev–Trinajstić information content (AvgIpc) is 3.03. The van der Waals surface area contributed by atoms with Crippen molar-refractivity contribution in [2.45, 2.75) is 31.7 Å². The fourth-order valence-electron chi connectivity index (χ4n) is 4.53. The van der Waals surface area contributed by atoms with Crippen LogP contribution in [0.4, 0.5) is 0 Å². The maximum absolute atomic E-state index is 11.2. The maximum atomic E-state index is 11.2. The van der Waals surface area contributed by atoms with E-state index in [0.29, 0.717) is 17.9 Å². The van der Waals surface area contributed by atoms with Crippen LogP contribution in [0.2, 0.25) is 0 Å². The fourth-order valence-corrected chi connectivity index (χ4v) is 4.53. The Morgan fingerprint density at radius 3 is 2.80 bits per heavy atom. The molecule has 5 rings (SSSR count). The lowest BCUT2D eigenvalue weighted by molar-refractivity contribution is -0.119. The molecule has 3 aliphatic heterocycles. The molecule has 5 heteroatoms. The third-order valence-electron chi connectivity index (χ3n) is 5.83. The number of rotatable bonds is 4. The first-order valence-corrected chi connectivity index (χ1v) is 9.19. The number of piperidine rings is 3. The predicted octanol–water partition coefficient (Wildman–Crippen LogP) is 2.40. The van der Waals surface area contributed by atoms with Gasteiger partial charge >= 0.3 is 0 Å². The molecule has 2 aromatic rings. The van der Waals surface area contributed by atoms with Crippen molar-refractivity contribution < 1.29 is 4.79 Å². The van der Waals surface area contributed by atoms with E-state index in [1.54, 1.807) is 6.92 Å². The number of hydrogen-bond donors (Lipinski definition) is 1. The molecule has 3 aliphatic rings. The topological polar surface area (TPSA) is 50.2 Å². The summed E-state index contributed by atoms with van der Waals surface area (Å²) in [5.41, 5.74) is 3.57. The van der Waals surface area contributed by atoms with Crippen molar-refractivity contribution in [2.24, 2.45) is 13.0 Å². The quantitative estimate of drug-likeness (QED) is 0.931. The van der Waals surface area contributed by atoms with Gasteiger partial charge in [0, 0.05) is 50.3 Å². The van der Waals surface area contributed by atoms with Crippen molar-refractivity contribution in [3.63, 3.8) is 0 Å². The highest BCUT2D eigenvalue weighted by molar-refractivity contribution is 5.72. The predicted molar refractivity (Wildman–Crippen MR) is 98.2 cm³/mol. The number of benzene rings is 1. The minimum Gasteiger partial charge on any atom is -0.355 e. The molecule has 0 saturated carbocycles. The van der Waals surface area contributed by atoms with Crippen molar-refractivity contribution >= 4 is 5.91 Å². The number of nitrogens with zero attached hydrogens (tertiary/aromatic N) is 3. The van der Waals surface area contributed by atoms with E-state index in [-0.39, 0.29) is 5.91 Å². The molecule has 4 heterocycles. The SMILES string of the molecule is CC(=O)NC[C@H]1C[C@@H]2CCN1C[C@@H]2c1cc(-c2ccccc2)nn1C. The van der Waals surface area contributed by atoms with Crippen LogP contribution in [0.3, 0.4) is 0 Å². The summed E-state index contributed by atoms with van der Waals surface area (Å²) >= 11 is 0. The number of fused-ring (bicyclic) bond motifs is 3. The molecule has 3 saturated heterocycles. The number of aromatic nitrogens is 2. The first kappa shape index (κ1) is 16.3. The molecular formula is C20H26N4O. The smallest absolute Gasteiger partial charge is 0.216 e. The Hall–Kier alpha value is -2.14. The molecule has 2 bridgehead atoms. The molecular weight excluding hydrogens is 312 g/mol. The molecule has 3 fully saturated rings. The molecule has 25 heavy (non-hydrogen) atoms. The van der Waals surface area contributed by atoms with Crippen LogP contribution in [-0.4, -0.2) is 46.3 Å². The van der Waals surface area contributed by atoms with Gasteiger partial charge in [-0.05, 0) is 31.4 Å². The molecule has 4 atom stereocenters. The summed E-state index contributed by atoms with van der Waals surface area (Å²) in [4.78, 5) is 13.8. The van der Waals surface area contributed by atoms with Crippen molar-refractivity contribution in [3.05, 3.63) is 42.1 Å². The fraction of sp³-hybridized carbons (Fsp3) is 0.500. The second-order valence-corrected chi connectivity index (χ2v) is 7.42. The molecule has 1 amide bonds. The number of nitrogens with one attached hydrogen (secondary N) is 1. The summed E-state index contributed by atoms with van der Waals surface area (Å²) in [5, 5.41) is 7.75. The van der Waals surface area contributed by atoms with Crippen molar-refractivity contribution in [3.8, 4) is 11.3 Å². The van der Waals surface area contributed by atoms with Crippen LogP contribution in [0.25, 0.3) is 11.3 Å². The van der Waals surface area contributed by atoms with E-state index in [4.69, 9.17) is 5.10 Å². The first-order valence-electron chi connectivity index (χ1n) is 9.19. The molecule has 1 aromatic carbocycles. The van der Waals surface area contributed by atoms with Crippen LogP contribution < -0.4 is 5.32 Å². The summed E-state index contributed by atoms with van der Waals surface area (Å²) in [6, 6.07) is 13.1. The normalized spacial score (nSPS) is 28.1. The van der Waals surface area contributed by atoms with Crippen molar-refractivity contribution in [2.75, 3.05) is 19.6 Å². The number of amides is 1. The molecule has 0 radical (unpaired) electrons. The van der Waals surface area contributed by atoms with E-state index in [1.807, 2.05) is 6.07 Å². The van der Waals surface area contributed by atoms with Gasteiger partial charge in [0.15, 0.2) is 0 Å². The van der Waals surface area contributed by atoms with Crippen LogP contribution in [-0.2, 0) is 11.8 Å². The molecule has 1 aromatic heterocycles. The highest BCUT2D eigenvalue weighted by Crippen LogP contribution is 2.42. The van der Waals surface area contributed by atoms with Crippen LogP contribution in [0.15, 0.2) is 36.4 Å². The molecule has 132 valence electrons. The van der Waals surface area contributed by atoms with E-state index in [9.17, 15) is 4.79 Å². The van der Waals surface area contributed by atoms with E-state index in [1.165, 1.54) is 17.7 Å². The molecule has 1 unspecified atom stereocenters. The molecule has 5 nitrogen and oxygen atoms in total. The number of hydrogen-bond acceptors (Lipinski definition) is 3. The van der Waals surface area contributed by atoms with Crippen LogP contribution >= 0.6 is 0 Å².